The summed E-state index contributed by atoms with van der Waals surface area (Å²) >= 11 is 0. The minimum atomic E-state index is -0.00844. The molecule has 0 radical (unpaired) electrons. The highest BCUT2D eigenvalue weighted by Gasteiger charge is 2.25. The Kier molecular flexibility index (Phi) is 5.52. The minimum absolute atomic E-state index is 0.00844. The topological polar surface area (TPSA) is 82.4 Å². The number of guanidine groups is 1. The summed E-state index contributed by atoms with van der Waals surface area (Å²) in [7, 11) is 3.69. The van der Waals surface area contributed by atoms with Crippen molar-refractivity contribution in [3.8, 4) is 17.2 Å². The summed E-state index contributed by atoms with van der Waals surface area (Å²) < 4.78 is 24.2. The van der Waals surface area contributed by atoms with E-state index in [9.17, 15) is 0 Å². The van der Waals surface area contributed by atoms with E-state index in [1.165, 1.54) is 0 Å². The molecule has 28 heavy (non-hydrogen) atoms. The summed E-state index contributed by atoms with van der Waals surface area (Å²) in [4.78, 5) is 6.60. The van der Waals surface area contributed by atoms with E-state index in [4.69, 9.17) is 18.9 Å². The van der Waals surface area contributed by atoms with Crippen LogP contribution in [0.15, 0.2) is 35.6 Å². The van der Waals surface area contributed by atoms with Crippen LogP contribution in [0.3, 0.4) is 0 Å². The molecule has 4 rings (SSSR count). The van der Waals surface area contributed by atoms with E-state index in [-0.39, 0.29) is 12.9 Å². The van der Waals surface area contributed by atoms with Crippen LogP contribution in [0.2, 0.25) is 0 Å². The second-order valence-corrected chi connectivity index (χ2v) is 6.59. The van der Waals surface area contributed by atoms with Crippen molar-refractivity contribution >= 4 is 5.96 Å². The molecule has 1 atom stereocenters. The highest BCUT2D eigenvalue weighted by molar-refractivity contribution is 5.80. The van der Waals surface area contributed by atoms with Crippen molar-refractivity contribution in [1.29, 1.82) is 0 Å². The predicted molar refractivity (Wildman–Crippen MR) is 103 cm³/mol. The molecule has 3 heterocycles. The van der Waals surface area contributed by atoms with Gasteiger partial charge in [-0.05, 0) is 12.1 Å². The van der Waals surface area contributed by atoms with Gasteiger partial charge in [-0.3, -0.25) is 9.67 Å². The maximum atomic E-state index is 5.90. The molecule has 9 heteroatoms. The molecule has 0 bridgehead atoms. The SMILES string of the molecule is CN=C(NCCOc1ccc2c(c1)OCO2)N1CCOC(c2cnn(C)c2)C1. The number of aliphatic imine (C=N–C) groups is 1. The number of aryl methyl sites for hydroxylation is 1. The molecular weight excluding hydrogens is 362 g/mol. The van der Waals surface area contributed by atoms with Gasteiger partial charge in [0.05, 0.1) is 25.9 Å². The van der Waals surface area contributed by atoms with E-state index in [0.717, 1.165) is 41.9 Å². The number of fused-ring (bicyclic) bond motifs is 1. The molecule has 1 aromatic heterocycles. The Morgan fingerprint density at radius 2 is 2.25 bits per heavy atom. The van der Waals surface area contributed by atoms with Crippen molar-refractivity contribution in [2.24, 2.45) is 12.0 Å². The van der Waals surface area contributed by atoms with E-state index in [1.54, 1.807) is 11.7 Å². The van der Waals surface area contributed by atoms with E-state index in [0.29, 0.717) is 19.8 Å². The molecule has 2 aromatic rings. The van der Waals surface area contributed by atoms with E-state index in [2.05, 4.69) is 20.3 Å². The lowest BCUT2D eigenvalue weighted by Gasteiger charge is -2.34. The fourth-order valence-corrected chi connectivity index (χ4v) is 3.28. The first-order chi connectivity index (χ1) is 13.7. The zero-order valence-electron chi connectivity index (χ0n) is 16.1. The van der Waals surface area contributed by atoms with Crippen LogP contribution in [-0.2, 0) is 11.8 Å². The van der Waals surface area contributed by atoms with Crippen LogP contribution in [0.4, 0.5) is 0 Å². The third-order valence-corrected chi connectivity index (χ3v) is 4.67. The molecule has 1 aromatic carbocycles. The van der Waals surface area contributed by atoms with Crippen LogP contribution in [-0.4, -0.2) is 67.3 Å². The fraction of sp³-hybridized carbons (Fsp3) is 0.474. The maximum Gasteiger partial charge on any atom is 0.231 e. The first kappa shape index (κ1) is 18.4. The van der Waals surface area contributed by atoms with Gasteiger partial charge in [-0.15, -0.1) is 0 Å². The number of ether oxygens (including phenoxy) is 4. The average Bonchev–Trinajstić information content (AvgIpc) is 3.36. The summed E-state index contributed by atoms with van der Waals surface area (Å²) in [6.45, 7) is 3.57. The first-order valence-electron chi connectivity index (χ1n) is 9.31. The fourth-order valence-electron chi connectivity index (χ4n) is 3.28. The zero-order chi connectivity index (χ0) is 19.3. The van der Waals surface area contributed by atoms with Gasteiger partial charge in [-0.25, -0.2) is 0 Å². The molecule has 1 saturated heterocycles. The van der Waals surface area contributed by atoms with Crippen LogP contribution in [0.25, 0.3) is 0 Å². The third-order valence-electron chi connectivity index (χ3n) is 4.67. The molecule has 1 N–H and O–H groups in total. The van der Waals surface area contributed by atoms with Crippen LogP contribution in [0.1, 0.15) is 11.7 Å². The highest BCUT2D eigenvalue weighted by Crippen LogP contribution is 2.35. The number of morpholine rings is 1. The summed E-state index contributed by atoms with van der Waals surface area (Å²) in [6.07, 6.45) is 3.83. The largest absolute Gasteiger partial charge is 0.492 e. The summed E-state index contributed by atoms with van der Waals surface area (Å²) in [5.41, 5.74) is 1.08. The van der Waals surface area contributed by atoms with Gasteiger partial charge < -0.3 is 29.2 Å². The van der Waals surface area contributed by atoms with Gasteiger partial charge in [0.2, 0.25) is 6.79 Å². The van der Waals surface area contributed by atoms with Crippen molar-refractivity contribution in [1.82, 2.24) is 20.0 Å². The number of nitrogens with one attached hydrogen (secondary N) is 1. The number of hydrogen-bond acceptors (Lipinski definition) is 6. The molecule has 0 amide bonds. The second kappa shape index (κ2) is 8.39. The zero-order valence-corrected chi connectivity index (χ0v) is 16.1. The van der Waals surface area contributed by atoms with Crippen molar-refractivity contribution in [2.75, 3.05) is 46.7 Å². The Morgan fingerprint density at radius 1 is 1.36 bits per heavy atom. The average molecular weight is 387 g/mol. The lowest BCUT2D eigenvalue weighted by molar-refractivity contribution is -0.00805. The Balaban J connectivity index is 1.26. The molecule has 0 spiro atoms. The van der Waals surface area contributed by atoms with Crippen LogP contribution < -0.4 is 19.5 Å². The van der Waals surface area contributed by atoms with Crippen molar-refractivity contribution in [3.63, 3.8) is 0 Å². The quantitative estimate of drug-likeness (QED) is 0.469. The number of rotatable bonds is 5. The van der Waals surface area contributed by atoms with Gasteiger partial charge in [-0.1, -0.05) is 0 Å². The molecule has 2 aliphatic heterocycles. The molecule has 1 unspecified atom stereocenters. The summed E-state index contributed by atoms with van der Waals surface area (Å²) in [6, 6.07) is 5.58. The number of benzene rings is 1. The summed E-state index contributed by atoms with van der Waals surface area (Å²) in [5.74, 6) is 3.06. The van der Waals surface area contributed by atoms with Crippen molar-refractivity contribution < 1.29 is 18.9 Å². The van der Waals surface area contributed by atoms with Crippen LogP contribution in [0.5, 0.6) is 17.2 Å². The normalized spacial score (nSPS) is 19.0. The molecule has 0 aliphatic carbocycles. The van der Waals surface area contributed by atoms with Gasteiger partial charge in [0, 0.05) is 38.5 Å². The number of nitrogens with zero attached hydrogens (tertiary/aromatic N) is 4. The van der Waals surface area contributed by atoms with Gasteiger partial charge >= 0.3 is 0 Å². The lowest BCUT2D eigenvalue weighted by Crippen LogP contribution is -2.48. The first-order valence-corrected chi connectivity index (χ1v) is 9.31. The minimum Gasteiger partial charge on any atom is -0.492 e. The van der Waals surface area contributed by atoms with Crippen molar-refractivity contribution in [2.45, 2.75) is 6.10 Å². The molecule has 1 fully saturated rings. The number of hydrogen-bond donors (Lipinski definition) is 1. The second-order valence-electron chi connectivity index (χ2n) is 6.59. The smallest absolute Gasteiger partial charge is 0.231 e. The Morgan fingerprint density at radius 3 is 3.07 bits per heavy atom. The lowest BCUT2D eigenvalue weighted by atomic mass is 10.1. The van der Waals surface area contributed by atoms with Gasteiger partial charge in [-0.2, -0.15) is 5.10 Å². The molecule has 9 nitrogen and oxygen atoms in total. The predicted octanol–water partition coefficient (Wildman–Crippen LogP) is 1.18. The third kappa shape index (κ3) is 4.14. The van der Waals surface area contributed by atoms with E-state index < -0.39 is 0 Å². The Hall–Kier alpha value is -2.94. The Labute approximate surface area is 163 Å². The number of aromatic nitrogens is 2. The van der Waals surface area contributed by atoms with Crippen LogP contribution >= 0.6 is 0 Å². The molecule has 0 saturated carbocycles. The van der Waals surface area contributed by atoms with E-state index >= 15 is 0 Å². The molecule has 150 valence electrons. The van der Waals surface area contributed by atoms with Gasteiger partial charge in [0.1, 0.15) is 18.5 Å². The summed E-state index contributed by atoms with van der Waals surface area (Å²) in [5, 5.41) is 7.59. The standard InChI is InChI=1S/C19H25N5O4/c1-20-19(24-6-8-26-18(12-24)14-10-22-23(2)11-14)21-5-7-25-15-3-4-16-17(9-15)28-13-27-16/h3-4,9-11,18H,5-8,12-13H2,1-2H3,(H,20,21). The highest BCUT2D eigenvalue weighted by atomic mass is 16.7. The maximum absolute atomic E-state index is 5.90. The van der Waals surface area contributed by atoms with Crippen molar-refractivity contribution in [3.05, 3.63) is 36.2 Å². The monoisotopic (exact) mass is 387 g/mol. The Bertz CT molecular complexity index is 837. The molecular formula is C19H25N5O4. The van der Waals surface area contributed by atoms with Gasteiger partial charge in [0.25, 0.3) is 0 Å². The van der Waals surface area contributed by atoms with E-state index in [1.807, 2.05) is 37.6 Å². The molecule has 2 aliphatic rings. The van der Waals surface area contributed by atoms with Crippen LogP contribution in [0, 0.1) is 0 Å². The van der Waals surface area contributed by atoms with Gasteiger partial charge in [0.15, 0.2) is 17.5 Å².